The van der Waals surface area contributed by atoms with Gasteiger partial charge in [-0.15, -0.1) is 24.0 Å². The van der Waals surface area contributed by atoms with E-state index in [1.165, 1.54) is 18.2 Å². The minimum atomic E-state index is -0.356. The lowest BCUT2D eigenvalue weighted by Gasteiger charge is -2.25. The molecule has 0 radical (unpaired) electrons. The average Bonchev–Trinajstić information content (AvgIpc) is 3.10. The van der Waals surface area contributed by atoms with Gasteiger partial charge in [-0.1, -0.05) is 6.92 Å². The Hall–Kier alpha value is -2.22. The second-order valence-corrected chi connectivity index (χ2v) is 6.47. The van der Waals surface area contributed by atoms with E-state index in [1.807, 2.05) is 24.6 Å². The Morgan fingerprint density at radius 2 is 2.25 bits per heavy atom. The van der Waals surface area contributed by atoms with Gasteiger partial charge in [0.05, 0.1) is 24.7 Å². The Morgan fingerprint density at radius 1 is 1.43 bits per heavy atom. The number of benzene rings is 1. The molecule has 0 bridgehead atoms. The molecule has 2 heterocycles. The van der Waals surface area contributed by atoms with Crippen molar-refractivity contribution in [2.45, 2.75) is 52.2 Å². The molecule has 28 heavy (non-hydrogen) atoms. The fourth-order valence-electron chi connectivity index (χ4n) is 3.07. The molecular weight excluding hydrogens is 472 g/mol. The molecule has 0 fully saturated rings. The van der Waals surface area contributed by atoms with Crippen LogP contribution in [0.15, 0.2) is 23.2 Å². The zero-order chi connectivity index (χ0) is 19.2. The molecule has 0 saturated heterocycles. The summed E-state index contributed by atoms with van der Waals surface area (Å²) in [5.74, 6) is 2.18. The van der Waals surface area contributed by atoms with Crippen LogP contribution in [-0.2, 0) is 25.9 Å². The van der Waals surface area contributed by atoms with Crippen molar-refractivity contribution in [3.63, 3.8) is 0 Å². The molecule has 1 aromatic carbocycles. The van der Waals surface area contributed by atoms with Crippen molar-refractivity contribution < 1.29 is 4.39 Å². The van der Waals surface area contributed by atoms with Gasteiger partial charge in [-0.2, -0.15) is 10.4 Å². The van der Waals surface area contributed by atoms with Crippen LogP contribution >= 0.6 is 24.0 Å². The van der Waals surface area contributed by atoms with E-state index in [-0.39, 0.29) is 42.4 Å². The number of aliphatic imine (C=N–C) groups is 1. The number of hydrogen-bond acceptors (Lipinski definition) is 4. The lowest BCUT2D eigenvalue weighted by molar-refractivity contribution is 0.392. The molecular formula is C19H25FIN7. The molecule has 1 unspecified atom stereocenters. The number of nitrogens with zero attached hydrogens (tertiary/aromatic N) is 5. The summed E-state index contributed by atoms with van der Waals surface area (Å²) in [5.41, 5.74) is 0.832. The molecule has 0 spiro atoms. The predicted molar refractivity (Wildman–Crippen MR) is 116 cm³/mol. The van der Waals surface area contributed by atoms with E-state index in [4.69, 9.17) is 5.26 Å². The third-order valence-corrected chi connectivity index (χ3v) is 4.49. The first-order valence-corrected chi connectivity index (χ1v) is 9.28. The minimum Gasteiger partial charge on any atom is -0.357 e. The number of aryl methyl sites for hydroxylation is 2. The van der Waals surface area contributed by atoms with E-state index in [0.717, 1.165) is 37.5 Å². The lowest BCUT2D eigenvalue weighted by Crippen LogP contribution is -2.47. The third-order valence-electron chi connectivity index (χ3n) is 4.49. The van der Waals surface area contributed by atoms with E-state index < -0.39 is 0 Å². The molecule has 2 N–H and O–H groups in total. The lowest BCUT2D eigenvalue weighted by atomic mass is 10.1. The smallest absolute Gasteiger partial charge is 0.191 e. The molecule has 1 aliphatic heterocycles. The van der Waals surface area contributed by atoms with Gasteiger partial charge in [0.15, 0.2) is 11.8 Å². The molecule has 1 aromatic heterocycles. The standard InChI is InChI=1S/C19H24FN7.HI/c1-3-17-25-18-8-6-15(12-27(18)26-17)24-19(22-4-2)23-11-14-9-13(10-21)5-7-16(14)20;/h5,7,9,15H,3-4,6,8,11-12H2,1-2H3,(H2,22,23,24);1H. The molecule has 3 rings (SSSR count). The van der Waals surface area contributed by atoms with Gasteiger partial charge >= 0.3 is 0 Å². The van der Waals surface area contributed by atoms with Crippen LogP contribution in [-0.4, -0.2) is 33.3 Å². The fourth-order valence-corrected chi connectivity index (χ4v) is 3.07. The van der Waals surface area contributed by atoms with Crippen LogP contribution < -0.4 is 10.6 Å². The van der Waals surface area contributed by atoms with E-state index in [1.54, 1.807) is 0 Å². The number of halogens is 2. The van der Waals surface area contributed by atoms with E-state index >= 15 is 0 Å². The third kappa shape index (κ3) is 5.41. The first-order valence-electron chi connectivity index (χ1n) is 9.28. The number of guanidine groups is 1. The quantitative estimate of drug-likeness (QED) is 0.377. The maximum absolute atomic E-state index is 14.0. The van der Waals surface area contributed by atoms with Gasteiger partial charge in [0.1, 0.15) is 11.6 Å². The Morgan fingerprint density at radius 3 is 2.96 bits per heavy atom. The molecule has 9 heteroatoms. The minimum absolute atomic E-state index is 0. The highest BCUT2D eigenvalue weighted by molar-refractivity contribution is 14.0. The summed E-state index contributed by atoms with van der Waals surface area (Å²) >= 11 is 0. The molecule has 0 aliphatic carbocycles. The maximum Gasteiger partial charge on any atom is 0.191 e. The largest absolute Gasteiger partial charge is 0.357 e. The van der Waals surface area contributed by atoms with Gasteiger partial charge in [0.2, 0.25) is 0 Å². The SMILES string of the molecule is CCNC(=NCc1cc(C#N)ccc1F)NC1CCc2nc(CC)nn2C1.I. The molecule has 150 valence electrons. The number of nitrogens with one attached hydrogen (secondary N) is 2. The van der Waals surface area contributed by atoms with Crippen molar-refractivity contribution in [2.75, 3.05) is 6.54 Å². The van der Waals surface area contributed by atoms with Crippen LogP contribution in [0.2, 0.25) is 0 Å². The Labute approximate surface area is 181 Å². The molecule has 7 nitrogen and oxygen atoms in total. The van der Waals surface area contributed by atoms with Crippen molar-refractivity contribution >= 4 is 29.9 Å². The number of nitriles is 1. The van der Waals surface area contributed by atoms with Crippen LogP contribution in [0.3, 0.4) is 0 Å². The van der Waals surface area contributed by atoms with Crippen LogP contribution in [0, 0.1) is 17.1 Å². The van der Waals surface area contributed by atoms with Gasteiger partial charge in [-0.05, 0) is 31.5 Å². The Bertz CT molecular complexity index is 872. The van der Waals surface area contributed by atoms with Crippen molar-refractivity contribution in [2.24, 2.45) is 4.99 Å². The predicted octanol–water partition coefficient (Wildman–Crippen LogP) is 2.54. The maximum atomic E-state index is 14.0. The Kier molecular flexibility index (Phi) is 8.17. The molecule has 2 aromatic rings. The topological polar surface area (TPSA) is 90.9 Å². The monoisotopic (exact) mass is 497 g/mol. The molecule has 0 saturated carbocycles. The average molecular weight is 497 g/mol. The van der Waals surface area contributed by atoms with Crippen molar-refractivity contribution in [1.82, 2.24) is 25.4 Å². The second-order valence-electron chi connectivity index (χ2n) is 6.47. The van der Waals surface area contributed by atoms with Gasteiger partial charge in [0.25, 0.3) is 0 Å². The van der Waals surface area contributed by atoms with E-state index in [2.05, 4.69) is 25.7 Å². The van der Waals surface area contributed by atoms with Gasteiger partial charge < -0.3 is 10.6 Å². The van der Waals surface area contributed by atoms with Crippen LogP contribution in [0.25, 0.3) is 0 Å². The van der Waals surface area contributed by atoms with Gasteiger partial charge in [-0.3, -0.25) is 0 Å². The van der Waals surface area contributed by atoms with Gasteiger partial charge in [0, 0.05) is 31.0 Å². The highest BCUT2D eigenvalue weighted by atomic mass is 127. The van der Waals surface area contributed by atoms with Gasteiger partial charge in [-0.25, -0.2) is 19.0 Å². The van der Waals surface area contributed by atoms with Crippen molar-refractivity contribution in [1.29, 1.82) is 5.26 Å². The molecule has 0 amide bonds. The highest BCUT2D eigenvalue weighted by Gasteiger charge is 2.22. The van der Waals surface area contributed by atoms with Crippen LogP contribution in [0.1, 0.15) is 43.0 Å². The first kappa shape index (κ1) is 22.1. The zero-order valence-electron chi connectivity index (χ0n) is 16.1. The molecule has 1 aliphatic rings. The summed E-state index contributed by atoms with van der Waals surface area (Å²) in [6.07, 6.45) is 2.63. The second kappa shape index (κ2) is 10.4. The van der Waals surface area contributed by atoms with E-state index in [0.29, 0.717) is 23.6 Å². The molecule has 1 atom stereocenters. The Balaban J connectivity index is 0.00000280. The number of aromatic nitrogens is 3. The summed E-state index contributed by atoms with van der Waals surface area (Å²) in [5, 5.41) is 20.1. The highest BCUT2D eigenvalue weighted by Crippen LogP contribution is 2.14. The number of rotatable bonds is 5. The summed E-state index contributed by atoms with van der Waals surface area (Å²) in [4.78, 5) is 9.02. The number of hydrogen-bond donors (Lipinski definition) is 2. The van der Waals surface area contributed by atoms with Crippen LogP contribution in [0.5, 0.6) is 0 Å². The first-order chi connectivity index (χ1) is 13.1. The normalized spacial score (nSPS) is 15.9. The van der Waals surface area contributed by atoms with Crippen molar-refractivity contribution in [3.05, 3.63) is 46.8 Å². The van der Waals surface area contributed by atoms with E-state index in [9.17, 15) is 4.39 Å². The summed E-state index contributed by atoms with van der Waals surface area (Å²) in [7, 11) is 0. The summed E-state index contributed by atoms with van der Waals surface area (Å²) in [6, 6.07) is 6.52. The summed E-state index contributed by atoms with van der Waals surface area (Å²) in [6.45, 7) is 5.63. The zero-order valence-corrected chi connectivity index (χ0v) is 18.4. The number of fused-ring (bicyclic) bond motifs is 1. The van der Waals surface area contributed by atoms with Crippen molar-refractivity contribution in [3.8, 4) is 6.07 Å². The fraction of sp³-hybridized carbons (Fsp3) is 0.474. The van der Waals surface area contributed by atoms with Crippen LogP contribution in [0.4, 0.5) is 4.39 Å². The summed E-state index contributed by atoms with van der Waals surface area (Å²) < 4.78 is 15.9.